The van der Waals surface area contributed by atoms with Gasteiger partial charge in [-0.1, -0.05) is 11.6 Å². The molecule has 0 amide bonds. The van der Waals surface area contributed by atoms with Crippen LogP contribution in [0, 0.1) is 0 Å². The van der Waals surface area contributed by atoms with E-state index in [9.17, 15) is 8.78 Å². The van der Waals surface area contributed by atoms with Crippen molar-refractivity contribution in [2.45, 2.75) is 13.2 Å². The number of hydrogen-bond donors (Lipinski definition) is 1. The zero-order chi connectivity index (χ0) is 14.5. The maximum absolute atomic E-state index is 12.3. The van der Waals surface area contributed by atoms with Gasteiger partial charge in [-0.25, -0.2) is 4.98 Å². The van der Waals surface area contributed by atoms with Crippen molar-refractivity contribution in [3.05, 3.63) is 33.7 Å². The van der Waals surface area contributed by atoms with Crippen LogP contribution >= 0.6 is 22.9 Å². The van der Waals surface area contributed by atoms with Gasteiger partial charge in [0.25, 0.3) is 0 Å². The van der Waals surface area contributed by atoms with Crippen LogP contribution in [0.5, 0.6) is 11.5 Å². The lowest BCUT2D eigenvalue weighted by molar-refractivity contribution is -0.0493. The van der Waals surface area contributed by atoms with Crippen molar-refractivity contribution in [3.8, 4) is 11.5 Å². The van der Waals surface area contributed by atoms with Gasteiger partial charge in [-0.3, -0.25) is 0 Å². The van der Waals surface area contributed by atoms with Gasteiger partial charge >= 0.3 is 6.61 Å². The first kappa shape index (κ1) is 14.8. The Morgan fingerprint density at radius 2 is 2.25 bits per heavy atom. The summed E-state index contributed by atoms with van der Waals surface area (Å²) in [5, 5.41) is 3.71. The summed E-state index contributed by atoms with van der Waals surface area (Å²) in [5.41, 5.74) is 0.399. The van der Waals surface area contributed by atoms with E-state index in [1.807, 2.05) is 0 Å². The van der Waals surface area contributed by atoms with Gasteiger partial charge in [0.1, 0.15) is 20.8 Å². The molecule has 0 aliphatic heterocycles. The summed E-state index contributed by atoms with van der Waals surface area (Å²) in [6.45, 7) is -2.54. The largest absolute Gasteiger partial charge is 0.497 e. The number of nitrogens with zero attached hydrogens (tertiary/aromatic N) is 1. The van der Waals surface area contributed by atoms with Crippen molar-refractivity contribution in [1.29, 1.82) is 0 Å². The van der Waals surface area contributed by atoms with E-state index in [1.54, 1.807) is 12.1 Å². The number of benzene rings is 1. The number of ether oxygens (including phenoxy) is 2. The Morgan fingerprint density at radius 3 is 2.85 bits per heavy atom. The number of alkyl halides is 2. The summed E-state index contributed by atoms with van der Waals surface area (Å²) in [6.07, 6.45) is 1.53. The van der Waals surface area contributed by atoms with Crippen molar-refractivity contribution in [3.63, 3.8) is 0 Å². The van der Waals surface area contributed by atoms with Crippen LogP contribution in [-0.4, -0.2) is 18.7 Å². The summed E-state index contributed by atoms with van der Waals surface area (Å²) in [6, 6.07) is 4.54. The third kappa shape index (κ3) is 3.94. The molecule has 1 aromatic heterocycles. The van der Waals surface area contributed by atoms with Crippen LogP contribution in [0.15, 0.2) is 24.4 Å². The highest BCUT2D eigenvalue weighted by atomic mass is 35.5. The van der Waals surface area contributed by atoms with E-state index >= 15 is 0 Å². The van der Waals surface area contributed by atoms with Gasteiger partial charge in [0.2, 0.25) is 0 Å². The molecule has 8 heteroatoms. The summed E-state index contributed by atoms with van der Waals surface area (Å²) < 4.78 is 34.7. The third-order valence-electron chi connectivity index (χ3n) is 2.36. The van der Waals surface area contributed by atoms with E-state index in [4.69, 9.17) is 16.3 Å². The molecule has 0 unspecified atom stereocenters. The predicted molar refractivity (Wildman–Crippen MR) is 74.1 cm³/mol. The highest BCUT2D eigenvalue weighted by Crippen LogP contribution is 2.31. The van der Waals surface area contributed by atoms with Gasteiger partial charge in [-0.05, 0) is 12.1 Å². The summed E-state index contributed by atoms with van der Waals surface area (Å²) >= 11 is 7.08. The molecule has 0 saturated carbocycles. The Morgan fingerprint density at radius 1 is 1.45 bits per heavy atom. The maximum atomic E-state index is 12.3. The minimum Gasteiger partial charge on any atom is -0.497 e. The van der Waals surface area contributed by atoms with Crippen LogP contribution in [-0.2, 0) is 6.54 Å². The first-order chi connectivity index (χ1) is 9.58. The Kier molecular flexibility index (Phi) is 4.97. The quantitative estimate of drug-likeness (QED) is 0.873. The first-order valence-corrected chi connectivity index (χ1v) is 6.75. The van der Waals surface area contributed by atoms with Gasteiger partial charge in [-0.15, -0.1) is 11.3 Å². The Labute approximate surface area is 123 Å². The molecule has 108 valence electrons. The second kappa shape index (κ2) is 6.71. The molecule has 0 atom stereocenters. The number of hydrogen-bond acceptors (Lipinski definition) is 5. The molecule has 0 bridgehead atoms. The average Bonchev–Trinajstić information content (AvgIpc) is 2.83. The van der Waals surface area contributed by atoms with E-state index in [1.165, 1.54) is 30.7 Å². The van der Waals surface area contributed by atoms with Crippen LogP contribution in [0.4, 0.5) is 14.5 Å². The smallest absolute Gasteiger partial charge is 0.387 e. The highest BCUT2D eigenvalue weighted by molar-refractivity contribution is 7.15. The van der Waals surface area contributed by atoms with Gasteiger partial charge in [0, 0.05) is 6.07 Å². The number of methoxy groups -OCH3 is 1. The van der Waals surface area contributed by atoms with Gasteiger partial charge < -0.3 is 14.8 Å². The van der Waals surface area contributed by atoms with Gasteiger partial charge in [-0.2, -0.15) is 8.78 Å². The maximum Gasteiger partial charge on any atom is 0.387 e. The van der Waals surface area contributed by atoms with Crippen molar-refractivity contribution in [2.24, 2.45) is 0 Å². The fourth-order valence-electron chi connectivity index (χ4n) is 1.51. The molecule has 20 heavy (non-hydrogen) atoms. The molecule has 1 N–H and O–H groups in total. The van der Waals surface area contributed by atoms with Crippen molar-refractivity contribution in [2.75, 3.05) is 12.4 Å². The Balaban J connectivity index is 2.14. The average molecular weight is 321 g/mol. The summed E-state index contributed by atoms with van der Waals surface area (Å²) in [7, 11) is 1.49. The zero-order valence-corrected chi connectivity index (χ0v) is 12.0. The van der Waals surface area contributed by atoms with Crippen LogP contribution in [0.3, 0.4) is 0 Å². The summed E-state index contributed by atoms with van der Waals surface area (Å²) in [5.74, 6) is 0.578. The van der Waals surface area contributed by atoms with Gasteiger partial charge in [0.05, 0.1) is 25.5 Å². The Bertz CT molecular complexity index is 580. The number of thiazole rings is 1. The second-order valence-electron chi connectivity index (χ2n) is 3.65. The molecule has 0 aliphatic carbocycles. The Hall–Kier alpha value is -1.60. The van der Waals surface area contributed by atoms with E-state index in [0.717, 1.165) is 5.01 Å². The number of nitrogens with one attached hydrogen (secondary N) is 1. The molecule has 2 aromatic rings. The number of rotatable bonds is 6. The molecular formula is C12H11ClF2N2O2S. The van der Waals surface area contributed by atoms with Crippen LogP contribution in [0.25, 0.3) is 0 Å². The molecule has 0 saturated heterocycles. The van der Waals surface area contributed by atoms with Crippen LogP contribution in [0.1, 0.15) is 5.01 Å². The molecule has 2 rings (SSSR count). The van der Waals surface area contributed by atoms with E-state index in [0.29, 0.717) is 22.3 Å². The highest BCUT2D eigenvalue weighted by Gasteiger charge is 2.11. The van der Waals surface area contributed by atoms with Crippen molar-refractivity contribution >= 4 is 28.6 Å². The molecule has 0 radical (unpaired) electrons. The first-order valence-electron chi connectivity index (χ1n) is 5.55. The predicted octanol–water partition coefficient (Wildman–Crippen LogP) is 4.02. The summed E-state index contributed by atoms with van der Waals surface area (Å²) in [4.78, 5) is 4.07. The number of aromatic nitrogens is 1. The number of halogens is 3. The molecule has 0 spiro atoms. The normalized spacial score (nSPS) is 10.7. The monoisotopic (exact) mass is 320 g/mol. The fraction of sp³-hybridized carbons (Fsp3) is 0.250. The molecule has 0 fully saturated rings. The van der Waals surface area contributed by atoms with Crippen molar-refractivity contribution < 1.29 is 18.3 Å². The van der Waals surface area contributed by atoms with E-state index in [2.05, 4.69) is 15.0 Å². The topological polar surface area (TPSA) is 43.4 Å². The van der Waals surface area contributed by atoms with Crippen molar-refractivity contribution in [1.82, 2.24) is 4.98 Å². The molecule has 0 aliphatic rings. The van der Waals surface area contributed by atoms with Crippen LogP contribution < -0.4 is 14.8 Å². The van der Waals surface area contributed by atoms with Gasteiger partial charge in [0.15, 0.2) is 0 Å². The lowest BCUT2D eigenvalue weighted by atomic mass is 10.2. The zero-order valence-electron chi connectivity index (χ0n) is 10.4. The molecule has 1 aromatic carbocycles. The van der Waals surface area contributed by atoms with E-state index < -0.39 is 6.61 Å². The van der Waals surface area contributed by atoms with Crippen LogP contribution in [0.2, 0.25) is 4.34 Å². The third-order valence-corrected chi connectivity index (χ3v) is 3.47. The minimum atomic E-state index is -2.89. The lowest BCUT2D eigenvalue weighted by Crippen LogP contribution is -2.06. The fourth-order valence-corrected chi connectivity index (χ4v) is 2.41. The second-order valence-corrected chi connectivity index (χ2v) is 5.40. The number of anilines is 1. The molecule has 4 nitrogen and oxygen atoms in total. The SMILES string of the molecule is COc1ccc(OC(F)F)c(NCc2ncc(Cl)s2)c1. The van der Waals surface area contributed by atoms with E-state index in [-0.39, 0.29) is 5.75 Å². The minimum absolute atomic E-state index is 0.0449. The standard InChI is InChI=1S/C12H11ClF2N2O2S/c1-18-7-2-3-9(19-12(14)15)8(4-7)16-6-11-17-5-10(13)20-11/h2-5,12,16H,6H2,1H3. The lowest BCUT2D eigenvalue weighted by Gasteiger charge is -2.13. The molecule has 1 heterocycles. The molecular weight excluding hydrogens is 310 g/mol.